The summed E-state index contributed by atoms with van der Waals surface area (Å²) in [5.74, 6) is -0.00843. The molecule has 1 unspecified atom stereocenters. The van der Waals surface area contributed by atoms with Crippen molar-refractivity contribution in [3.05, 3.63) is 28.8 Å². The largest absolute Gasteiger partial charge is 0.326 e. The van der Waals surface area contributed by atoms with Gasteiger partial charge in [-0.2, -0.15) is 0 Å². The molecule has 94 valence electrons. The van der Waals surface area contributed by atoms with Crippen molar-refractivity contribution < 1.29 is 9.59 Å². The number of halogens is 1. The second-order valence-corrected chi connectivity index (χ2v) is 5.17. The van der Waals surface area contributed by atoms with E-state index in [9.17, 15) is 9.59 Å². The highest BCUT2D eigenvalue weighted by Gasteiger charge is 2.38. The van der Waals surface area contributed by atoms with E-state index in [4.69, 9.17) is 11.6 Å². The molecule has 1 aromatic rings. The highest BCUT2D eigenvalue weighted by atomic mass is 35.5. The average molecular weight is 265 g/mol. The van der Waals surface area contributed by atoms with E-state index in [-0.39, 0.29) is 24.4 Å². The Morgan fingerprint density at radius 1 is 1.28 bits per heavy atom. The maximum Gasteiger partial charge on any atom is 0.246 e. The van der Waals surface area contributed by atoms with Gasteiger partial charge in [-0.15, -0.1) is 0 Å². The van der Waals surface area contributed by atoms with Crippen LogP contribution in [0.2, 0.25) is 5.02 Å². The van der Waals surface area contributed by atoms with Crippen LogP contribution in [-0.4, -0.2) is 30.3 Å². The summed E-state index contributed by atoms with van der Waals surface area (Å²) >= 11 is 6.03. The van der Waals surface area contributed by atoms with E-state index < -0.39 is 0 Å². The van der Waals surface area contributed by atoms with Crippen molar-refractivity contribution in [3.8, 4) is 0 Å². The Morgan fingerprint density at radius 2 is 2.06 bits per heavy atom. The topological polar surface area (TPSA) is 40.6 Å². The molecule has 0 N–H and O–H groups in total. The van der Waals surface area contributed by atoms with Gasteiger partial charge < -0.3 is 9.80 Å². The number of likely N-dealkylation sites (N-methyl/N-ethyl adjacent to an activating group) is 1. The first-order chi connectivity index (χ1) is 8.58. The molecule has 2 aliphatic rings. The first kappa shape index (κ1) is 11.5. The lowest BCUT2D eigenvalue weighted by molar-refractivity contribution is -0.133. The summed E-state index contributed by atoms with van der Waals surface area (Å²) in [5, 5.41) is 0.635. The van der Waals surface area contributed by atoms with Crippen molar-refractivity contribution in [2.75, 3.05) is 18.5 Å². The summed E-state index contributed by atoms with van der Waals surface area (Å²) in [7, 11) is 1.74. The smallest absolute Gasteiger partial charge is 0.246 e. The van der Waals surface area contributed by atoms with Crippen molar-refractivity contribution in [2.45, 2.75) is 18.9 Å². The Bertz CT molecular complexity index is 544. The average Bonchev–Trinajstić information content (AvgIpc) is 2.65. The standard InChI is InChI=1S/C13H13ClN2O2/c1-15-10-3-2-8(14)6-9(10)11-4-5-12(17)16(11)7-13(15)18/h2-3,6,11H,4-5,7H2,1H3. The molecule has 0 saturated carbocycles. The van der Waals surface area contributed by atoms with Gasteiger partial charge in [0, 0.05) is 24.2 Å². The summed E-state index contributed by atoms with van der Waals surface area (Å²) in [6.07, 6.45) is 1.26. The van der Waals surface area contributed by atoms with Gasteiger partial charge in [-0.3, -0.25) is 9.59 Å². The lowest BCUT2D eigenvalue weighted by atomic mass is 10.0. The van der Waals surface area contributed by atoms with E-state index in [0.717, 1.165) is 17.7 Å². The molecule has 0 spiro atoms. The Balaban J connectivity index is 2.17. The zero-order valence-electron chi connectivity index (χ0n) is 10.0. The molecule has 3 rings (SSSR count). The van der Waals surface area contributed by atoms with Gasteiger partial charge in [0.1, 0.15) is 6.54 Å². The number of rotatable bonds is 0. The Kier molecular flexibility index (Phi) is 2.55. The third-order valence-electron chi connectivity index (χ3n) is 3.72. The molecule has 0 radical (unpaired) electrons. The molecule has 0 aliphatic carbocycles. The van der Waals surface area contributed by atoms with Crippen molar-refractivity contribution in [1.82, 2.24) is 4.90 Å². The number of carbonyl (C=O) groups is 2. The summed E-state index contributed by atoms with van der Waals surface area (Å²) < 4.78 is 0. The van der Waals surface area contributed by atoms with Gasteiger partial charge in [0.25, 0.3) is 0 Å². The number of fused-ring (bicyclic) bond motifs is 3. The number of carbonyl (C=O) groups excluding carboxylic acids is 2. The second kappa shape index (κ2) is 3.99. The minimum absolute atomic E-state index is 0.0138. The fourth-order valence-corrected chi connectivity index (χ4v) is 2.92. The number of anilines is 1. The number of nitrogens with zero attached hydrogens (tertiary/aromatic N) is 2. The maximum absolute atomic E-state index is 12.0. The predicted octanol–water partition coefficient (Wildman–Crippen LogP) is 1.98. The lowest BCUT2D eigenvalue weighted by Gasteiger charge is -2.22. The van der Waals surface area contributed by atoms with Crippen LogP contribution in [0.25, 0.3) is 0 Å². The molecule has 2 aliphatic heterocycles. The number of hydrogen-bond donors (Lipinski definition) is 0. The zero-order valence-corrected chi connectivity index (χ0v) is 10.8. The molecule has 1 aromatic carbocycles. The maximum atomic E-state index is 12.0. The molecule has 1 fully saturated rings. The van der Waals surface area contributed by atoms with Gasteiger partial charge in [0.15, 0.2) is 0 Å². The molecule has 2 amide bonds. The summed E-state index contributed by atoms with van der Waals surface area (Å²) in [6, 6.07) is 5.47. The molecule has 2 heterocycles. The molecule has 1 saturated heterocycles. The zero-order chi connectivity index (χ0) is 12.9. The van der Waals surface area contributed by atoms with Gasteiger partial charge in [-0.05, 0) is 30.2 Å². The van der Waals surface area contributed by atoms with E-state index in [1.165, 1.54) is 0 Å². The fourth-order valence-electron chi connectivity index (χ4n) is 2.74. The Hall–Kier alpha value is -1.55. The third kappa shape index (κ3) is 1.60. The summed E-state index contributed by atoms with van der Waals surface area (Å²) in [5.41, 5.74) is 1.83. The molecule has 1 atom stereocenters. The van der Waals surface area contributed by atoms with E-state index in [0.29, 0.717) is 11.4 Å². The highest BCUT2D eigenvalue weighted by Crippen LogP contribution is 2.40. The molecule has 5 heteroatoms. The van der Waals surface area contributed by atoms with E-state index in [2.05, 4.69) is 0 Å². The number of benzene rings is 1. The van der Waals surface area contributed by atoms with Gasteiger partial charge in [0.05, 0.1) is 6.04 Å². The van der Waals surface area contributed by atoms with Crippen LogP contribution >= 0.6 is 11.6 Å². The van der Waals surface area contributed by atoms with Crippen LogP contribution in [0.4, 0.5) is 5.69 Å². The molecule has 4 nitrogen and oxygen atoms in total. The Labute approximate surface area is 110 Å². The van der Waals surface area contributed by atoms with Crippen LogP contribution in [0.5, 0.6) is 0 Å². The minimum Gasteiger partial charge on any atom is -0.326 e. The van der Waals surface area contributed by atoms with Crippen LogP contribution in [0.3, 0.4) is 0 Å². The highest BCUT2D eigenvalue weighted by molar-refractivity contribution is 6.30. The molecular weight excluding hydrogens is 252 g/mol. The van der Waals surface area contributed by atoms with E-state index in [1.54, 1.807) is 22.9 Å². The van der Waals surface area contributed by atoms with Gasteiger partial charge in [0.2, 0.25) is 11.8 Å². The summed E-state index contributed by atoms with van der Waals surface area (Å²) in [6.45, 7) is 0.159. The van der Waals surface area contributed by atoms with Crippen molar-refractivity contribution in [1.29, 1.82) is 0 Å². The summed E-state index contributed by atoms with van der Waals surface area (Å²) in [4.78, 5) is 27.2. The van der Waals surface area contributed by atoms with Crippen LogP contribution < -0.4 is 4.90 Å². The SMILES string of the molecule is CN1C(=O)CN2C(=O)CCC2c2cc(Cl)ccc21. The van der Waals surface area contributed by atoms with Crippen LogP contribution in [0, 0.1) is 0 Å². The van der Waals surface area contributed by atoms with Gasteiger partial charge in [-0.25, -0.2) is 0 Å². The molecular formula is C13H13ClN2O2. The monoisotopic (exact) mass is 264 g/mol. The number of amides is 2. The van der Waals surface area contributed by atoms with Crippen LogP contribution in [-0.2, 0) is 9.59 Å². The second-order valence-electron chi connectivity index (χ2n) is 4.73. The minimum atomic E-state index is -0.0590. The van der Waals surface area contributed by atoms with E-state index in [1.807, 2.05) is 12.1 Å². The fraction of sp³-hybridized carbons (Fsp3) is 0.385. The molecule has 0 aromatic heterocycles. The quantitative estimate of drug-likeness (QED) is 0.719. The molecule has 18 heavy (non-hydrogen) atoms. The Morgan fingerprint density at radius 3 is 2.83 bits per heavy atom. The van der Waals surface area contributed by atoms with Crippen molar-refractivity contribution >= 4 is 29.1 Å². The van der Waals surface area contributed by atoms with Crippen molar-refractivity contribution in [3.63, 3.8) is 0 Å². The van der Waals surface area contributed by atoms with Gasteiger partial charge >= 0.3 is 0 Å². The van der Waals surface area contributed by atoms with E-state index >= 15 is 0 Å². The van der Waals surface area contributed by atoms with Crippen LogP contribution in [0.15, 0.2) is 18.2 Å². The van der Waals surface area contributed by atoms with Gasteiger partial charge in [-0.1, -0.05) is 11.6 Å². The lowest BCUT2D eigenvalue weighted by Crippen LogP contribution is -2.36. The number of hydrogen-bond acceptors (Lipinski definition) is 2. The van der Waals surface area contributed by atoms with Crippen LogP contribution in [0.1, 0.15) is 24.4 Å². The van der Waals surface area contributed by atoms with Crippen molar-refractivity contribution in [2.24, 2.45) is 0 Å². The normalized spacial score (nSPS) is 22.9. The first-order valence-electron chi connectivity index (χ1n) is 5.93. The molecule has 0 bridgehead atoms. The first-order valence-corrected chi connectivity index (χ1v) is 6.31. The third-order valence-corrected chi connectivity index (χ3v) is 3.95. The predicted molar refractivity (Wildman–Crippen MR) is 68.6 cm³/mol.